The van der Waals surface area contributed by atoms with E-state index in [1.165, 1.54) is 5.57 Å². The standard InChI is InChI=1S/C17H17N3O.2C2H6/c21-17-19-15-9-5-4-8-14(15)16-18-10-13(11-20(16)17)12-6-2-1-3-7-12;2*1-2/h2,4-9,13,18H,1,3,10-11H2;2*1-2H3. The topological polar surface area (TPSA) is 46.9 Å². The number of allylic oxidation sites excluding steroid dienone is 3. The summed E-state index contributed by atoms with van der Waals surface area (Å²) in [6.45, 7) is 9.57. The van der Waals surface area contributed by atoms with E-state index in [1.54, 1.807) is 4.57 Å². The number of hydrogen-bond acceptors (Lipinski definition) is 3. The van der Waals surface area contributed by atoms with Crippen molar-refractivity contribution < 1.29 is 0 Å². The van der Waals surface area contributed by atoms with Gasteiger partial charge in [0.2, 0.25) is 0 Å². The Morgan fingerprint density at radius 2 is 1.88 bits per heavy atom. The van der Waals surface area contributed by atoms with Gasteiger partial charge in [-0.25, -0.2) is 4.79 Å². The van der Waals surface area contributed by atoms with Crippen LogP contribution >= 0.6 is 0 Å². The molecule has 25 heavy (non-hydrogen) atoms. The summed E-state index contributed by atoms with van der Waals surface area (Å²) >= 11 is 0. The molecule has 2 heterocycles. The molecule has 0 spiro atoms. The fourth-order valence-electron chi connectivity index (χ4n) is 3.20. The lowest BCUT2D eigenvalue weighted by molar-refractivity contribution is 0.489. The van der Waals surface area contributed by atoms with Gasteiger partial charge in [0, 0.05) is 24.4 Å². The third-order valence-electron chi connectivity index (χ3n) is 4.29. The lowest BCUT2D eigenvalue weighted by Crippen LogP contribution is -2.37. The first kappa shape index (κ1) is 19.0. The lowest BCUT2D eigenvalue weighted by atomic mass is 9.92. The number of nitrogens with one attached hydrogen (secondary N) is 1. The lowest BCUT2D eigenvalue weighted by Gasteiger charge is -2.29. The molecule has 0 radical (unpaired) electrons. The van der Waals surface area contributed by atoms with Crippen LogP contribution in [0.2, 0.25) is 0 Å². The number of para-hydroxylation sites is 1. The molecule has 2 aliphatic rings. The van der Waals surface area contributed by atoms with E-state index in [0.717, 1.165) is 36.1 Å². The van der Waals surface area contributed by atoms with Gasteiger partial charge in [0.25, 0.3) is 0 Å². The number of aromatic nitrogens is 2. The van der Waals surface area contributed by atoms with Crippen LogP contribution in [0.15, 0.2) is 52.9 Å². The monoisotopic (exact) mass is 339 g/mol. The molecule has 0 amide bonds. The van der Waals surface area contributed by atoms with Gasteiger partial charge in [0.15, 0.2) is 0 Å². The molecule has 1 N–H and O–H groups in total. The molecular formula is C21H29N3O. The molecule has 4 heteroatoms. The highest BCUT2D eigenvalue weighted by molar-refractivity contribution is 5.89. The molecule has 1 atom stereocenters. The Morgan fingerprint density at radius 1 is 1.12 bits per heavy atom. The third-order valence-corrected chi connectivity index (χ3v) is 4.29. The first-order chi connectivity index (χ1) is 12.3. The zero-order valence-electron chi connectivity index (χ0n) is 15.7. The van der Waals surface area contributed by atoms with Crippen molar-refractivity contribution in [1.82, 2.24) is 9.55 Å². The fourth-order valence-corrected chi connectivity index (χ4v) is 3.20. The van der Waals surface area contributed by atoms with Crippen molar-refractivity contribution in [2.45, 2.75) is 47.1 Å². The molecule has 0 saturated carbocycles. The number of anilines is 1. The summed E-state index contributed by atoms with van der Waals surface area (Å²) < 4.78 is 1.78. The van der Waals surface area contributed by atoms with Crippen molar-refractivity contribution in [2.75, 3.05) is 11.9 Å². The van der Waals surface area contributed by atoms with Crippen molar-refractivity contribution in [3.05, 3.63) is 58.6 Å². The zero-order valence-corrected chi connectivity index (χ0v) is 15.7. The van der Waals surface area contributed by atoms with E-state index in [9.17, 15) is 4.79 Å². The maximum atomic E-state index is 12.3. The van der Waals surface area contributed by atoms with Crippen molar-refractivity contribution in [3.8, 4) is 0 Å². The Balaban J connectivity index is 0.000000528. The highest BCUT2D eigenvalue weighted by Gasteiger charge is 2.23. The van der Waals surface area contributed by atoms with E-state index in [1.807, 2.05) is 52.0 Å². The van der Waals surface area contributed by atoms with Gasteiger partial charge in [-0.1, -0.05) is 58.1 Å². The molecule has 1 aliphatic heterocycles. The third kappa shape index (κ3) is 4.01. The van der Waals surface area contributed by atoms with Crippen LogP contribution in [-0.4, -0.2) is 16.1 Å². The van der Waals surface area contributed by atoms with E-state index in [4.69, 9.17) is 0 Å². The molecule has 0 bridgehead atoms. The molecular weight excluding hydrogens is 310 g/mol. The van der Waals surface area contributed by atoms with Gasteiger partial charge in [0.05, 0.1) is 5.52 Å². The van der Waals surface area contributed by atoms with E-state index in [-0.39, 0.29) is 5.69 Å². The van der Waals surface area contributed by atoms with Crippen LogP contribution in [0.5, 0.6) is 0 Å². The van der Waals surface area contributed by atoms with Crippen LogP contribution in [0.1, 0.15) is 40.5 Å². The van der Waals surface area contributed by atoms with E-state index in [2.05, 4.69) is 28.5 Å². The van der Waals surface area contributed by atoms with Crippen molar-refractivity contribution in [1.29, 1.82) is 0 Å². The molecule has 1 aromatic carbocycles. The normalized spacial score (nSPS) is 17.9. The summed E-state index contributed by atoms with van der Waals surface area (Å²) in [5.41, 5.74) is 1.93. The number of nitrogens with zero attached hydrogens (tertiary/aromatic N) is 2. The van der Waals surface area contributed by atoms with Crippen molar-refractivity contribution >= 4 is 16.7 Å². The molecule has 4 nitrogen and oxygen atoms in total. The maximum absolute atomic E-state index is 12.3. The Bertz CT molecular complexity index is 817. The molecule has 134 valence electrons. The quantitative estimate of drug-likeness (QED) is 0.814. The average Bonchev–Trinajstić information content (AvgIpc) is 2.71. The first-order valence-corrected chi connectivity index (χ1v) is 9.43. The maximum Gasteiger partial charge on any atom is 0.349 e. The van der Waals surface area contributed by atoms with Crippen LogP contribution in [0.3, 0.4) is 0 Å². The second kappa shape index (κ2) is 9.21. The van der Waals surface area contributed by atoms with E-state index < -0.39 is 0 Å². The Kier molecular flexibility index (Phi) is 6.99. The Hall–Kier alpha value is -2.36. The first-order valence-electron chi connectivity index (χ1n) is 9.43. The van der Waals surface area contributed by atoms with Gasteiger partial charge in [-0.3, -0.25) is 4.57 Å². The fraction of sp³-hybridized carbons (Fsp3) is 0.429. The SMILES string of the molecule is CC.CC.O=c1nc2ccccc2c2n1CC(C1=CCCC=C1)CN2. The highest BCUT2D eigenvalue weighted by atomic mass is 16.1. The van der Waals surface area contributed by atoms with Crippen molar-refractivity contribution in [3.63, 3.8) is 0 Å². The Morgan fingerprint density at radius 3 is 2.60 bits per heavy atom. The van der Waals surface area contributed by atoms with Gasteiger partial charge >= 0.3 is 5.69 Å². The molecule has 0 saturated heterocycles. The predicted molar refractivity (Wildman–Crippen MR) is 107 cm³/mol. The van der Waals surface area contributed by atoms with Crippen LogP contribution in [0, 0.1) is 5.92 Å². The van der Waals surface area contributed by atoms with Crippen molar-refractivity contribution in [2.24, 2.45) is 5.92 Å². The summed E-state index contributed by atoms with van der Waals surface area (Å²) in [6, 6.07) is 7.79. The molecule has 1 aliphatic carbocycles. The minimum absolute atomic E-state index is 0.165. The number of hydrogen-bond donors (Lipinski definition) is 1. The van der Waals surface area contributed by atoms with Crippen LogP contribution in [0.25, 0.3) is 10.9 Å². The molecule has 1 unspecified atom stereocenters. The molecule has 1 aromatic heterocycles. The zero-order chi connectivity index (χ0) is 18.2. The number of fused-ring (bicyclic) bond motifs is 3. The summed E-state index contributed by atoms with van der Waals surface area (Å²) in [5, 5.41) is 4.46. The van der Waals surface area contributed by atoms with Gasteiger partial charge in [-0.05, 0) is 30.5 Å². The van der Waals surface area contributed by atoms with Crippen LogP contribution in [0.4, 0.5) is 5.82 Å². The smallest absolute Gasteiger partial charge is 0.349 e. The summed E-state index contributed by atoms with van der Waals surface area (Å²) in [6.07, 6.45) is 8.91. The van der Waals surface area contributed by atoms with Gasteiger partial charge in [-0.2, -0.15) is 4.98 Å². The van der Waals surface area contributed by atoms with Gasteiger partial charge in [-0.15, -0.1) is 0 Å². The number of rotatable bonds is 1. The minimum Gasteiger partial charge on any atom is -0.370 e. The molecule has 0 fully saturated rings. The average molecular weight is 339 g/mol. The van der Waals surface area contributed by atoms with E-state index >= 15 is 0 Å². The second-order valence-electron chi connectivity index (χ2n) is 5.63. The number of benzene rings is 1. The summed E-state index contributed by atoms with van der Waals surface area (Å²) in [4.78, 5) is 16.5. The summed E-state index contributed by atoms with van der Waals surface area (Å²) in [7, 11) is 0. The summed E-state index contributed by atoms with van der Waals surface area (Å²) in [5.74, 6) is 1.25. The largest absolute Gasteiger partial charge is 0.370 e. The highest BCUT2D eigenvalue weighted by Crippen LogP contribution is 2.28. The van der Waals surface area contributed by atoms with Gasteiger partial charge in [0.1, 0.15) is 5.82 Å². The van der Waals surface area contributed by atoms with Crippen LogP contribution < -0.4 is 11.0 Å². The molecule has 2 aromatic rings. The van der Waals surface area contributed by atoms with E-state index in [0.29, 0.717) is 12.5 Å². The minimum atomic E-state index is -0.165. The molecule has 4 rings (SSSR count). The van der Waals surface area contributed by atoms with Gasteiger partial charge < -0.3 is 5.32 Å². The Labute approximate surface area is 150 Å². The second-order valence-corrected chi connectivity index (χ2v) is 5.63. The predicted octanol–water partition coefficient (Wildman–Crippen LogP) is 4.77. The van der Waals surface area contributed by atoms with Crippen LogP contribution in [-0.2, 0) is 6.54 Å².